The van der Waals surface area contributed by atoms with Crippen LogP contribution in [0.1, 0.15) is 26.7 Å². The molecule has 1 saturated carbocycles. The zero-order valence-corrected chi connectivity index (χ0v) is 11.7. The van der Waals surface area contributed by atoms with Crippen LogP contribution in [0, 0.1) is 0 Å². The lowest BCUT2D eigenvalue weighted by atomic mass is 10.3. The summed E-state index contributed by atoms with van der Waals surface area (Å²) in [6.45, 7) is 4.87. The summed E-state index contributed by atoms with van der Waals surface area (Å²) in [7, 11) is 1.97. The highest BCUT2D eigenvalue weighted by Crippen LogP contribution is 2.36. The van der Waals surface area contributed by atoms with Crippen molar-refractivity contribution in [3.8, 4) is 0 Å². The predicted molar refractivity (Wildman–Crippen MR) is 73.6 cm³/mol. The summed E-state index contributed by atoms with van der Waals surface area (Å²) in [5.74, 6) is 0. The Labute approximate surface area is 113 Å². The molecule has 3 rings (SSSR count). The molecular weight excluding hydrogens is 242 g/mol. The molecule has 19 heavy (non-hydrogen) atoms. The van der Waals surface area contributed by atoms with E-state index in [0.717, 1.165) is 25.1 Å². The SMILES string of the molecule is CC1N=CC(N2C(=O)NC3(CC3)CNC2C)=CN1C. The molecule has 104 valence electrons. The minimum absolute atomic E-state index is 0.00828. The van der Waals surface area contributed by atoms with Crippen molar-refractivity contribution in [2.45, 2.75) is 44.6 Å². The van der Waals surface area contributed by atoms with Crippen molar-refractivity contribution in [1.82, 2.24) is 20.4 Å². The number of aliphatic imine (C=N–C) groups is 1. The van der Waals surface area contributed by atoms with Gasteiger partial charge in [-0.1, -0.05) is 0 Å². The molecule has 2 fully saturated rings. The van der Waals surface area contributed by atoms with Gasteiger partial charge in [-0.05, 0) is 26.7 Å². The predicted octanol–water partition coefficient (Wildman–Crippen LogP) is 0.683. The summed E-state index contributed by atoms with van der Waals surface area (Å²) < 4.78 is 0. The third-order valence-electron chi connectivity index (χ3n) is 4.19. The molecule has 6 nitrogen and oxygen atoms in total. The fraction of sp³-hybridized carbons (Fsp3) is 0.692. The van der Waals surface area contributed by atoms with E-state index in [9.17, 15) is 4.79 Å². The Hall–Kier alpha value is -1.56. The monoisotopic (exact) mass is 263 g/mol. The first-order chi connectivity index (χ1) is 9.01. The molecule has 2 atom stereocenters. The highest BCUT2D eigenvalue weighted by Gasteiger charge is 2.47. The van der Waals surface area contributed by atoms with E-state index in [2.05, 4.69) is 15.6 Å². The van der Waals surface area contributed by atoms with E-state index in [1.807, 2.05) is 32.0 Å². The Balaban J connectivity index is 1.84. The Morgan fingerprint density at radius 1 is 1.42 bits per heavy atom. The van der Waals surface area contributed by atoms with Crippen LogP contribution in [0.15, 0.2) is 16.9 Å². The summed E-state index contributed by atoms with van der Waals surface area (Å²) in [6, 6.07) is -0.0318. The maximum absolute atomic E-state index is 12.4. The van der Waals surface area contributed by atoms with Crippen molar-refractivity contribution >= 4 is 12.2 Å². The molecule has 1 aliphatic carbocycles. The second-order valence-electron chi connectivity index (χ2n) is 5.77. The Bertz CT molecular complexity index is 454. The first kappa shape index (κ1) is 12.5. The number of nitrogens with zero attached hydrogens (tertiary/aromatic N) is 3. The van der Waals surface area contributed by atoms with E-state index in [1.165, 1.54) is 0 Å². The van der Waals surface area contributed by atoms with Crippen LogP contribution in [0.2, 0.25) is 0 Å². The zero-order chi connectivity index (χ0) is 13.6. The molecule has 0 aromatic rings. The van der Waals surface area contributed by atoms with E-state index in [1.54, 1.807) is 11.1 Å². The topological polar surface area (TPSA) is 60.0 Å². The fourth-order valence-corrected chi connectivity index (χ4v) is 2.50. The van der Waals surface area contributed by atoms with Gasteiger partial charge in [0.05, 0.1) is 17.4 Å². The highest BCUT2D eigenvalue weighted by molar-refractivity contribution is 5.88. The first-order valence-corrected chi connectivity index (χ1v) is 6.82. The van der Waals surface area contributed by atoms with Crippen molar-refractivity contribution in [2.24, 2.45) is 4.99 Å². The maximum atomic E-state index is 12.4. The fourth-order valence-electron chi connectivity index (χ4n) is 2.50. The van der Waals surface area contributed by atoms with Crippen LogP contribution in [0.3, 0.4) is 0 Å². The van der Waals surface area contributed by atoms with Gasteiger partial charge in [0.15, 0.2) is 0 Å². The molecule has 0 bridgehead atoms. The second-order valence-corrected chi connectivity index (χ2v) is 5.77. The number of nitrogens with one attached hydrogen (secondary N) is 2. The number of carbonyl (C=O) groups is 1. The molecule has 2 unspecified atom stereocenters. The van der Waals surface area contributed by atoms with Gasteiger partial charge in [0.1, 0.15) is 6.17 Å². The number of rotatable bonds is 1. The summed E-state index contributed by atoms with van der Waals surface area (Å²) in [5.41, 5.74) is 0.821. The van der Waals surface area contributed by atoms with E-state index < -0.39 is 0 Å². The highest BCUT2D eigenvalue weighted by atomic mass is 16.2. The molecular formula is C13H21N5O. The lowest BCUT2D eigenvalue weighted by Gasteiger charge is -2.32. The third kappa shape index (κ3) is 2.20. The van der Waals surface area contributed by atoms with E-state index in [0.29, 0.717) is 0 Å². The Kier molecular flexibility index (Phi) is 2.78. The molecule has 1 spiro atoms. The van der Waals surface area contributed by atoms with Gasteiger partial charge >= 0.3 is 6.03 Å². The van der Waals surface area contributed by atoms with Crippen LogP contribution < -0.4 is 10.6 Å². The zero-order valence-electron chi connectivity index (χ0n) is 11.7. The van der Waals surface area contributed by atoms with Gasteiger partial charge in [0, 0.05) is 26.0 Å². The summed E-state index contributed by atoms with van der Waals surface area (Å²) in [4.78, 5) is 20.6. The number of carbonyl (C=O) groups excluding carboxylic acids is 1. The molecule has 0 aromatic heterocycles. The second kappa shape index (κ2) is 4.23. The summed E-state index contributed by atoms with van der Waals surface area (Å²) in [6.07, 6.45) is 5.98. The van der Waals surface area contributed by atoms with Gasteiger partial charge in [-0.2, -0.15) is 0 Å². The number of hydrogen-bond donors (Lipinski definition) is 2. The van der Waals surface area contributed by atoms with Crippen LogP contribution in [0.25, 0.3) is 0 Å². The van der Waals surface area contributed by atoms with Gasteiger partial charge in [0.2, 0.25) is 0 Å². The molecule has 0 radical (unpaired) electrons. The molecule has 0 aromatic carbocycles. The van der Waals surface area contributed by atoms with Crippen molar-refractivity contribution in [1.29, 1.82) is 0 Å². The molecule has 2 heterocycles. The largest absolute Gasteiger partial charge is 0.357 e. The van der Waals surface area contributed by atoms with Gasteiger partial charge in [-0.15, -0.1) is 0 Å². The Morgan fingerprint density at radius 3 is 2.79 bits per heavy atom. The summed E-state index contributed by atoms with van der Waals surface area (Å²) >= 11 is 0. The Morgan fingerprint density at radius 2 is 2.16 bits per heavy atom. The van der Waals surface area contributed by atoms with Crippen LogP contribution in [0.4, 0.5) is 4.79 Å². The van der Waals surface area contributed by atoms with E-state index in [4.69, 9.17) is 0 Å². The van der Waals surface area contributed by atoms with Gasteiger partial charge < -0.3 is 10.2 Å². The molecule has 2 N–H and O–H groups in total. The normalized spacial score (nSPS) is 33.0. The van der Waals surface area contributed by atoms with Crippen LogP contribution in [-0.2, 0) is 0 Å². The van der Waals surface area contributed by atoms with Gasteiger partial charge in [-0.25, -0.2) is 4.79 Å². The van der Waals surface area contributed by atoms with Crippen molar-refractivity contribution < 1.29 is 4.79 Å². The quantitative estimate of drug-likeness (QED) is 0.731. The van der Waals surface area contributed by atoms with Gasteiger partial charge in [0.25, 0.3) is 0 Å². The third-order valence-corrected chi connectivity index (χ3v) is 4.19. The smallest absolute Gasteiger partial charge is 0.323 e. The van der Waals surface area contributed by atoms with Crippen molar-refractivity contribution in [3.63, 3.8) is 0 Å². The summed E-state index contributed by atoms with van der Waals surface area (Å²) in [5, 5.41) is 6.56. The van der Waals surface area contributed by atoms with Crippen LogP contribution >= 0.6 is 0 Å². The van der Waals surface area contributed by atoms with E-state index >= 15 is 0 Å². The molecule has 2 aliphatic heterocycles. The van der Waals surface area contributed by atoms with Crippen molar-refractivity contribution in [3.05, 3.63) is 11.9 Å². The van der Waals surface area contributed by atoms with Gasteiger partial charge in [-0.3, -0.25) is 15.2 Å². The first-order valence-electron chi connectivity index (χ1n) is 6.82. The average Bonchev–Trinajstić information content (AvgIpc) is 3.12. The number of allylic oxidation sites excluding steroid dienone is 1. The molecule has 2 amide bonds. The molecule has 1 saturated heterocycles. The molecule has 3 aliphatic rings. The maximum Gasteiger partial charge on any atom is 0.323 e. The minimum Gasteiger partial charge on any atom is -0.357 e. The number of amides is 2. The van der Waals surface area contributed by atoms with Crippen molar-refractivity contribution in [2.75, 3.05) is 13.6 Å². The number of urea groups is 1. The van der Waals surface area contributed by atoms with Crippen LogP contribution in [-0.4, -0.2) is 53.5 Å². The lowest BCUT2D eigenvalue weighted by Crippen LogP contribution is -2.48. The standard InChI is InChI=1S/C13H21N5O/c1-9-14-6-11(7-17(9)3)18-10(2)15-8-13(4-5-13)16-12(18)19/h6-7,9-10,15H,4-5,8H2,1-3H3,(H,16,19). The lowest BCUT2D eigenvalue weighted by molar-refractivity contribution is 0.196. The number of hydrogen-bond acceptors (Lipinski definition) is 4. The van der Waals surface area contributed by atoms with Crippen LogP contribution in [0.5, 0.6) is 0 Å². The van der Waals surface area contributed by atoms with E-state index in [-0.39, 0.29) is 23.9 Å². The average molecular weight is 263 g/mol. The minimum atomic E-state index is -0.0318. The molecule has 6 heteroatoms.